The number of nitrogens with one attached hydrogen (secondary N) is 1. The number of ether oxygens (including phenoxy) is 2. The number of hydrogen-bond donors (Lipinski definition) is 1. The van der Waals surface area contributed by atoms with Crippen LogP contribution in [0.4, 0.5) is 5.82 Å². The summed E-state index contributed by atoms with van der Waals surface area (Å²) in [7, 11) is 0. The van der Waals surface area contributed by atoms with E-state index in [2.05, 4.69) is 10.5 Å². The molecule has 1 aromatic heterocycles. The summed E-state index contributed by atoms with van der Waals surface area (Å²) in [6, 6.07) is 7.65. The van der Waals surface area contributed by atoms with Crippen molar-refractivity contribution in [3.8, 4) is 11.5 Å². The van der Waals surface area contributed by atoms with Gasteiger partial charge >= 0.3 is 0 Å². The maximum atomic E-state index is 13.8. The first-order chi connectivity index (χ1) is 15.5. The van der Waals surface area contributed by atoms with Crippen molar-refractivity contribution in [3.63, 3.8) is 0 Å². The van der Waals surface area contributed by atoms with Crippen LogP contribution in [0.1, 0.15) is 49.8 Å². The first-order valence-corrected chi connectivity index (χ1v) is 11.5. The smallest absolute Gasteiger partial charge is 0.233 e. The number of aryl methyl sites for hydroxylation is 1. The zero-order valence-electron chi connectivity index (χ0n) is 18.4. The van der Waals surface area contributed by atoms with E-state index < -0.39 is 5.41 Å². The van der Waals surface area contributed by atoms with Crippen molar-refractivity contribution >= 4 is 17.6 Å². The molecule has 8 heteroatoms. The number of rotatable bonds is 4. The van der Waals surface area contributed by atoms with Gasteiger partial charge in [-0.15, -0.1) is 0 Å². The summed E-state index contributed by atoms with van der Waals surface area (Å²) in [6.45, 7) is 4.03. The van der Waals surface area contributed by atoms with Crippen molar-refractivity contribution in [3.05, 3.63) is 35.6 Å². The monoisotopic (exact) mass is 439 g/mol. The van der Waals surface area contributed by atoms with Gasteiger partial charge in [-0.3, -0.25) is 9.59 Å². The van der Waals surface area contributed by atoms with Crippen LogP contribution in [0, 0.1) is 12.8 Å². The van der Waals surface area contributed by atoms with E-state index in [4.69, 9.17) is 14.0 Å². The van der Waals surface area contributed by atoms with Crippen molar-refractivity contribution < 1.29 is 23.6 Å². The van der Waals surface area contributed by atoms with Gasteiger partial charge in [-0.2, -0.15) is 0 Å². The SMILES string of the molecule is Cc1cc(NC(=O)C2CCN(C(=O)C3(c4ccc5c(c4)OCCO5)CCCC3)CC2)no1. The number of amides is 2. The lowest BCUT2D eigenvalue weighted by Gasteiger charge is -2.38. The van der Waals surface area contributed by atoms with Crippen LogP contribution in [-0.2, 0) is 15.0 Å². The van der Waals surface area contributed by atoms with Gasteiger partial charge in [0.2, 0.25) is 11.8 Å². The van der Waals surface area contributed by atoms with Crippen LogP contribution < -0.4 is 14.8 Å². The highest BCUT2D eigenvalue weighted by Crippen LogP contribution is 2.45. The van der Waals surface area contributed by atoms with E-state index in [1.54, 1.807) is 13.0 Å². The van der Waals surface area contributed by atoms with Gasteiger partial charge in [-0.1, -0.05) is 24.1 Å². The lowest BCUT2D eigenvalue weighted by molar-refractivity contribution is -0.140. The van der Waals surface area contributed by atoms with Crippen molar-refractivity contribution in [1.29, 1.82) is 0 Å². The minimum absolute atomic E-state index is 0.0622. The number of anilines is 1. The van der Waals surface area contributed by atoms with Gasteiger partial charge < -0.3 is 24.2 Å². The van der Waals surface area contributed by atoms with Gasteiger partial charge in [-0.05, 0) is 50.3 Å². The van der Waals surface area contributed by atoms with E-state index in [1.165, 1.54) is 0 Å². The Balaban J connectivity index is 1.27. The Hall–Kier alpha value is -3.03. The van der Waals surface area contributed by atoms with E-state index in [-0.39, 0.29) is 17.7 Å². The second-order valence-corrected chi connectivity index (χ2v) is 9.03. The molecule has 32 heavy (non-hydrogen) atoms. The number of benzene rings is 1. The first-order valence-electron chi connectivity index (χ1n) is 11.5. The van der Waals surface area contributed by atoms with Gasteiger partial charge in [-0.25, -0.2) is 0 Å². The van der Waals surface area contributed by atoms with E-state index in [9.17, 15) is 9.59 Å². The number of carbonyl (C=O) groups excluding carboxylic acids is 2. The zero-order chi connectivity index (χ0) is 22.1. The molecule has 5 rings (SSSR count). The Morgan fingerprint density at radius 2 is 1.78 bits per heavy atom. The highest BCUT2D eigenvalue weighted by molar-refractivity contribution is 5.92. The summed E-state index contributed by atoms with van der Waals surface area (Å²) in [5, 5.41) is 6.65. The van der Waals surface area contributed by atoms with Crippen molar-refractivity contribution in [2.75, 3.05) is 31.6 Å². The third kappa shape index (κ3) is 3.82. The van der Waals surface area contributed by atoms with Crippen molar-refractivity contribution in [2.24, 2.45) is 5.92 Å². The second-order valence-electron chi connectivity index (χ2n) is 9.03. The predicted molar refractivity (Wildman–Crippen MR) is 117 cm³/mol. The molecule has 0 bridgehead atoms. The lowest BCUT2D eigenvalue weighted by Crippen LogP contribution is -2.49. The Kier molecular flexibility index (Phi) is 5.53. The Morgan fingerprint density at radius 1 is 1.06 bits per heavy atom. The molecule has 0 atom stereocenters. The van der Waals surface area contributed by atoms with E-state index in [0.29, 0.717) is 50.7 Å². The van der Waals surface area contributed by atoms with Gasteiger partial charge in [0, 0.05) is 25.1 Å². The fourth-order valence-corrected chi connectivity index (χ4v) is 5.25. The minimum atomic E-state index is -0.511. The van der Waals surface area contributed by atoms with Crippen LogP contribution in [0.2, 0.25) is 0 Å². The Bertz CT molecular complexity index is 1000. The molecular formula is C24H29N3O5. The number of nitrogens with zero attached hydrogens (tertiary/aromatic N) is 2. The molecule has 2 aromatic rings. The number of hydrogen-bond acceptors (Lipinski definition) is 6. The molecule has 1 N–H and O–H groups in total. The van der Waals surface area contributed by atoms with E-state index in [0.717, 1.165) is 42.7 Å². The fourth-order valence-electron chi connectivity index (χ4n) is 5.25. The van der Waals surface area contributed by atoms with Crippen LogP contribution in [0.3, 0.4) is 0 Å². The van der Waals surface area contributed by atoms with Gasteiger partial charge in [0.25, 0.3) is 0 Å². The highest BCUT2D eigenvalue weighted by atomic mass is 16.6. The third-order valence-corrected chi connectivity index (χ3v) is 6.99. The van der Waals surface area contributed by atoms with Gasteiger partial charge in [0.15, 0.2) is 17.3 Å². The average molecular weight is 440 g/mol. The standard InChI is InChI=1S/C24H29N3O5/c1-16-14-21(26-32-16)25-22(28)17-6-10-27(11-7-17)23(29)24(8-2-3-9-24)18-4-5-19-20(15-18)31-13-12-30-19/h4-5,14-15,17H,2-3,6-13H2,1H3,(H,25,26,28). The minimum Gasteiger partial charge on any atom is -0.486 e. The molecule has 8 nitrogen and oxygen atoms in total. The molecule has 0 spiro atoms. The summed E-state index contributed by atoms with van der Waals surface area (Å²) < 4.78 is 16.5. The van der Waals surface area contributed by atoms with Crippen LogP contribution in [0.5, 0.6) is 11.5 Å². The fraction of sp³-hybridized carbons (Fsp3) is 0.542. The maximum Gasteiger partial charge on any atom is 0.233 e. The number of likely N-dealkylation sites (tertiary alicyclic amines) is 1. The van der Waals surface area contributed by atoms with E-state index >= 15 is 0 Å². The summed E-state index contributed by atoms with van der Waals surface area (Å²) in [6.07, 6.45) is 5.05. The molecule has 2 amide bonds. The van der Waals surface area contributed by atoms with Crippen LogP contribution in [0.25, 0.3) is 0 Å². The molecule has 0 unspecified atom stereocenters. The average Bonchev–Trinajstić information content (AvgIpc) is 3.48. The zero-order valence-corrected chi connectivity index (χ0v) is 18.4. The van der Waals surface area contributed by atoms with E-state index in [1.807, 2.05) is 23.1 Å². The number of aromatic nitrogens is 1. The number of fused-ring (bicyclic) bond motifs is 1. The Morgan fingerprint density at radius 3 is 2.47 bits per heavy atom. The molecule has 0 radical (unpaired) electrons. The molecule has 2 fully saturated rings. The summed E-state index contributed by atoms with van der Waals surface area (Å²) >= 11 is 0. The van der Waals surface area contributed by atoms with Crippen LogP contribution >= 0.6 is 0 Å². The maximum absolute atomic E-state index is 13.8. The second kappa shape index (κ2) is 8.48. The molecule has 3 heterocycles. The summed E-state index contributed by atoms with van der Waals surface area (Å²) in [5.41, 5.74) is 0.508. The normalized spacial score (nSPS) is 20.2. The number of piperidine rings is 1. The molecule has 1 aromatic carbocycles. The Labute approximate surface area is 187 Å². The molecule has 170 valence electrons. The number of carbonyl (C=O) groups is 2. The molecule has 2 aliphatic heterocycles. The van der Waals surface area contributed by atoms with Gasteiger partial charge in [0.05, 0.1) is 5.41 Å². The summed E-state index contributed by atoms with van der Waals surface area (Å²) in [5.74, 6) is 2.55. The molecular weight excluding hydrogens is 410 g/mol. The highest BCUT2D eigenvalue weighted by Gasteiger charge is 2.46. The largest absolute Gasteiger partial charge is 0.486 e. The topological polar surface area (TPSA) is 93.9 Å². The molecule has 1 saturated heterocycles. The molecule has 1 aliphatic carbocycles. The first kappa shape index (κ1) is 20.8. The quantitative estimate of drug-likeness (QED) is 0.784. The van der Waals surface area contributed by atoms with Crippen LogP contribution in [0.15, 0.2) is 28.8 Å². The summed E-state index contributed by atoms with van der Waals surface area (Å²) in [4.78, 5) is 28.4. The van der Waals surface area contributed by atoms with Gasteiger partial charge in [0.1, 0.15) is 19.0 Å². The van der Waals surface area contributed by atoms with Crippen LogP contribution in [-0.4, -0.2) is 48.2 Å². The predicted octanol–water partition coefficient (Wildman–Crippen LogP) is 3.44. The molecule has 1 saturated carbocycles. The lowest BCUT2D eigenvalue weighted by atomic mass is 9.76. The third-order valence-electron chi connectivity index (χ3n) is 6.99. The van der Waals surface area contributed by atoms with Crippen molar-refractivity contribution in [2.45, 2.75) is 50.9 Å². The van der Waals surface area contributed by atoms with Crippen molar-refractivity contribution in [1.82, 2.24) is 10.1 Å². The molecule has 3 aliphatic rings.